The third-order valence-corrected chi connectivity index (χ3v) is 5.47. The van der Waals surface area contributed by atoms with Gasteiger partial charge in [0.25, 0.3) is 5.91 Å². The zero-order valence-corrected chi connectivity index (χ0v) is 16.2. The molecule has 5 rings (SSSR count). The fourth-order valence-electron chi connectivity index (χ4n) is 3.99. The minimum absolute atomic E-state index is 0.0483. The van der Waals surface area contributed by atoms with Crippen molar-refractivity contribution in [2.75, 3.05) is 20.2 Å². The van der Waals surface area contributed by atoms with E-state index in [-0.39, 0.29) is 5.91 Å². The average molecular weight is 387 g/mol. The van der Waals surface area contributed by atoms with Gasteiger partial charge in [-0.2, -0.15) is 0 Å². The Balaban J connectivity index is 1.68. The van der Waals surface area contributed by atoms with Crippen molar-refractivity contribution >= 4 is 11.4 Å². The van der Waals surface area contributed by atoms with E-state index in [2.05, 4.69) is 11.1 Å². The molecule has 3 aromatic heterocycles. The van der Waals surface area contributed by atoms with Crippen LogP contribution in [0.25, 0.3) is 28.0 Å². The lowest BCUT2D eigenvalue weighted by molar-refractivity contribution is 0.0793. The summed E-state index contributed by atoms with van der Waals surface area (Å²) in [4.78, 5) is 19.5. The highest BCUT2D eigenvalue weighted by atomic mass is 16.5. The lowest BCUT2D eigenvalue weighted by Crippen LogP contribution is -2.27. The summed E-state index contributed by atoms with van der Waals surface area (Å²) in [6.07, 6.45) is 7.12. The van der Waals surface area contributed by atoms with Crippen LogP contribution in [0.5, 0.6) is 5.75 Å². The number of hydrogen-bond donors (Lipinski definition) is 0. The van der Waals surface area contributed by atoms with Crippen LogP contribution in [0.3, 0.4) is 0 Å². The van der Waals surface area contributed by atoms with Crippen molar-refractivity contribution < 1.29 is 13.9 Å². The zero-order valence-electron chi connectivity index (χ0n) is 16.2. The number of aromatic nitrogens is 2. The minimum Gasteiger partial charge on any atom is -0.497 e. The Morgan fingerprint density at radius 2 is 1.97 bits per heavy atom. The van der Waals surface area contributed by atoms with Crippen molar-refractivity contribution in [3.05, 3.63) is 66.9 Å². The largest absolute Gasteiger partial charge is 0.497 e. The van der Waals surface area contributed by atoms with Gasteiger partial charge < -0.3 is 18.5 Å². The van der Waals surface area contributed by atoms with Crippen molar-refractivity contribution in [2.24, 2.45) is 0 Å². The number of pyridine rings is 1. The second kappa shape index (κ2) is 7.13. The number of amides is 1. The van der Waals surface area contributed by atoms with Crippen molar-refractivity contribution in [1.29, 1.82) is 0 Å². The van der Waals surface area contributed by atoms with Gasteiger partial charge in [-0.05, 0) is 48.2 Å². The molecule has 1 aromatic carbocycles. The first-order valence-electron chi connectivity index (χ1n) is 9.72. The Kier molecular flexibility index (Phi) is 4.31. The van der Waals surface area contributed by atoms with Gasteiger partial charge in [-0.25, -0.2) is 4.98 Å². The fraction of sp³-hybridized carbons (Fsp3) is 0.217. The molecule has 1 aliphatic rings. The molecule has 4 aromatic rings. The first-order chi connectivity index (χ1) is 14.2. The lowest BCUT2D eigenvalue weighted by atomic mass is 10.1. The Hall–Kier alpha value is -3.54. The maximum Gasteiger partial charge on any atom is 0.256 e. The molecule has 1 fully saturated rings. The molecule has 1 saturated heterocycles. The van der Waals surface area contributed by atoms with E-state index < -0.39 is 0 Å². The highest BCUT2D eigenvalue weighted by molar-refractivity contribution is 6.02. The molecule has 0 aliphatic carbocycles. The number of likely N-dealkylation sites (tertiary alicyclic amines) is 1. The van der Waals surface area contributed by atoms with E-state index in [9.17, 15) is 4.79 Å². The molecule has 6 nitrogen and oxygen atoms in total. The first kappa shape index (κ1) is 17.6. The molecule has 146 valence electrons. The van der Waals surface area contributed by atoms with Crippen LogP contribution in [0.1, 0.15) is 23.2 Å². The van der Waals surface area contributed by atoms with Gasteiger partial charge in [-0.1, -0.05) is 18.2 Å². The lowest BCUT2D eigenvalue weighted by Gasteiger charge is -2.15. The molecule has 29 heavy (non-hydrogen) atoms. The molecular weight excluding hydrogens is 366 g/mol. The van der Waals surface area contributed by atoms with E-state index in [1.54, 1.807) is 13.4 Å². The summed E-state index contributed by atoms with van der Waals surface area (Å²) < 4.78 is 12.6. The number of ether oxygens (including phenoxy) is 1. The molecule has 0 bridgehead atoms. The molecule has 6 heteroatoms. The van der Waals surface area contributed by atoms with Crippen LogP contribution < -0.4 is 4.74 Å². The number of methoxy groups -OCH3 is 1. The van der Waals surface area contributed by atoms with Crippen LogP contribution in [0, 0.1) is 0 Å². The summed E-state index contributed by atoms with van der Waals surface area (Å²) in [5.41, 5.74) is 5.07. The molecule has 0 radical (unpaired) electrons. The number of nitrogens with zero attached hydrogens (tertiary/aromatic N) is 3. The van der Waals surface area contributed by atoms with Crippen LogP contribution in [0.2, 0.25) is 0 Å². The third kappa shape index (κ3) is 3.06. The smallest absolute Gasteiger partial charge is 0.256 e. The van der Waals surface area contributed by atoms with Crippen LogP contribution in [-0.4, -0.2) is 40.4 Å². The quantitative estimate of drug-likeness (QED) is 0.517. The summed E-state index contributed by atoms with van der Waals surface area (Å²) in [5, 5.41) is 0. The van der Waals surface area contributed by atoms with Crippen LogP contribution in [0.4, 0.5) is 0 Å². The Morgan fingerprint density at radius 3 is 2.72 bits per heavy atom. The van der Waals surface area contributed by atoms with Gasteiger partial charge >= 0.3 is 0 Å². The molecule has 0 unspecified atom stereocenters. The van der Waals surface area contributed by atoms with Crippen LogP contribution >= 0.6 is 0 Å². The van der Waals surface area contributed by atoms with Gasteiger partial charge in [0.15, 0.2) is 6.39 Å². The SMILES string of the molecule is COc1cccc(-c2ccc3cc(C(=O)N4CCCC4)c(-c4cocn4)n3c2)c1. The highest BCUT2D eigenvalue weighted by Crippen LogP contribution is 2.31. The van der Waals surface area contributed by atoms with Gasteiger partial charge in [0.05, 0.1) is 18.4 Å². The van der Waals surface area contributed by atoms with Crippen molar-refractivity contribution in [1.82, 2.24) is 14.3 Å². The van der Waals surface area contributed by atoms with Gasteiger partial charge in [0.2, 0.25) is 0 Å². The molecule has 1 aliphatic heterocycles. The number of carbonyl (C=O) groups is 1. The van der Waals surface area contributed by atoms with Crippen molar-refractivity contribution in [3.8, 4) is 28.3 Å². The van der Waals surface area contributed by atoms with Gasteiger partial charge in [-0.15, -0.1) is 0 Å². The molecule has 0 atom stereocenters. The number of benzene rings is 1. The zero-order chi connectivity index (χ0) is 19.8. The van der Waals surface area contributed by atoms with Crippen LogP contribution in [-0.2, 0) is 0 Å². The molecule has 0 N–H and O–H groups in total. The molecule has 0 spiro atoms. The third-order valence-electron chi connectivity index (χ3n) is 5.47. The standard InChI is InChI=1S/C23H21N3O3/c1-28-19-6-4-5-16(11-19)17-7-8-18-12-20(23(27)25-9-2-3-10-25)22(26(18)13-17)21-14-29-15-24-21/h4-8,11-15H,2-3,9-10H2,1H3. The summed E-state index contributed by atoms with van der Waals surface area (Å²) >= 11 is 0. The monoisotopic (exact) mass is 387 g/mol. The predicted octanol–water partition coefficient (Wildman–Crippen LogP) is 4.51. The molecule has 1 amide bonds. The highest BCUT2D eigenvalue weighted by Gasteiger charge is 2.26. The number of oxazole rings is 1. The average Bonchev–Trinajstić information content (AvgIpc) is 3.53. The summed E-state index contributed by atoms with van der Waals surface area (Å²) in [7, 11) is 1.66. The number of rotatable bonds is 4. The van der Waals surface area contributed by atoms with E-state index in [1.807, 2.05) is 51.9 Å². The normalized spacial score (nSPS) is 13.9. The Morgan fingerprint density at radius 1 is 1.10 bits per heavy atom. The van der Waals surface area contributed by atoms with Crippen molar-refractivity contribution in [2.45, 2.75) is 12.8 Å². The summed E-state index contributed by atoms with van der Waals surface area (Å²) in [5.74, 6) is 0.851. The van der Waals surface area contributed by atoms with E-state index in [0.717, 1.165) is 54.0 Å². The van der Waals surface area contributed by atoms with E-state index in [1.165, 1.54) is 6.39 Å². The summed E-state index contributed by atoms with van der Waals surface area (Å²) in [6, 6.07) is 14.0. The van der Waals surface area contributed by atoms with E-state index in [0.29, 0.717) is 11.3 Å². The topological polar surface area (TPSA) is 60.0 Å². The van der Waals surface area contributed by atoms with E-state index in [4.69, 9.17) is 9.15 Å². The molecular formula is C23H21N3O3. The number of hydrogen-bond acceptors (Lipinski definition) is 4. The predicted molar refractivity (Wildman–Crippen MR) is 110 cm³/mol. The maximum absolute atomic E-state index is 13.2. The van der Waals surface area contributed by atoms with Crippen LogP contribution in [0.15, 0.2) is 65.7 Å². The van der Waals surface area contributed by atoms with Gasteiger partial charge in [-0.3, -0.25) is 4.79 Å². The Labute approximate surface area is 168 Å². The first-order valence-corrected chi connectivity index (χ1v) is 9.72. The molecule has 0 saturated carbocycles. The number of carbonyl (C=O) groups excluding carboxylic acids is 1. The molecule has 4 heterocycles. The summed E-state index contributed by atoms with van der Waals surface area (Å²) in [6.45, 7) is 1.61. The van der Waals surface area contributed by atoms with Gasteiger partial charge in [0, 0.05) is 24.8 Å². The fourth-order valence-corrected chi connectivity index (χ4v) is 3.99. The minimum atomic E-state index is 0.0483. The van der Waals surface area contributed by atoms with Crippen molar-refractivity contribution in [3.63, 3.8) is 0 Å². The second-order valence-electron chi connectivity index (χ2n) is 7.22. The van der Waals surface area contributed by atoms with E-state index >= 15 is 0 Å². The van der Waals surface area contributed by atoms with Gasteiger partial charge in [0.1, 0.15) is 17.7 Å². The second-order valence-corrected chi connectivity index (χ2v) is 7.22. The Bertz CT molecular complexity index is 1170. The number of fused-ring (bicyclic) bond motifs is 1. The maximum atomic E-state index is 13.2.